The number of nitrogens with zero attached hydrogens (tertiary/aromatic N) is 2. The number of ether oxygens (including phenoxy) is 2. The Balaban J connectivity index is 0.000000931. The van der Waals surface area contributed by atoms with E-state index in [1.165, 1.54) is 12.2 Å². The van der Waals surface area contributed by atoms with E-state index >= 15 is 0 Å². The standard InChI is InChI=1S/C17H15N3O3.C6H12.C2H6.Na/c1-11-9-14-15(10-12(11)18)22-7-2-3-8-23-16-6-4-5-13(19-16)17(21)20-14;1-4-6(3)5-2;1-2;/h1,4-6,9-10H,2-3,7-8H2,(H,20,21);6H,1-2,4-5H2,3H3;1-2H3;/q2*-2;;+1. The van der Waals surface area contributed by atoms with Gasteiger partial charge in [0.25, 0.3) is 5.91 Å². The fourth-order valence-electron chi connectivity index (χ4n) is 2.32. The molecule has 1 aliphatic carbocycles. The second-order valence-corrected chi connectivity index (χ2v) is 6.81. The SMILES string of the molecule is CC.[CH-]=C1C=C2NC(=O)c3cccc(n3)OCCCCOC2=CC1=[N-].[CH2-]CC(C)C[CH2-].[Na+]. The maximum atomic E-state index is 12.4. The number of carbonyl (C=O) groups excluding carboxylic acids is 1. The topological polar surface area (TPSA) is 82.8 Å². The summed E-state index contributed by atoms with van der Waals surface area (Å²) < 4.78 is 11.2. The van der Waals surface area contributed by atoms with Crippen LogP contribution in [0.3, 0.4) is 0 Å². The molecule has 0 radical (unpaired) electrons. The third kappa shape index (κ3) is 10.2. The summed E-state index contributed by atoms with van der Waals surface area (Å²) in [7, 11) is 0. The van der Waals surface area contributed by atoms with Gasteiger partial charge in [0.05, 0.1) is 13.2 Å². The van der Waals surface area contributed by atoms with E-state index in [0.29, 0.717) is 36.5 Å². The first-order chi connectivity index (χ1) is 14.9. The number of allylic oxidation sites excluding steroid dienone is 3. The Morgan fingerprint density at radius 3 is 2.38 bits per heavy atom. The van der Waals surface area contributed by atoms with E-state index in [0.717, 1.165) is 25.7 Å². The number of hydrogen-bond acceptors (Lipinski definition) is 4. The van der Waals surface area contributed by atoms with Crippen LogP contribution in [0.5, 0.6) is 5.88 Å². The molecule has 170 valence electrons. The Bertz CT molecular complexity index is 814. The number of fused-ring (bicyclic) bond motifs is 3. The second-order valence-electron chi connectivity index (χ2n) is 6.81. The minimum absolute atomic E-state index is 0. The predicted molar refractivity (Wildman–Crippen MR) is 125 cm³/mol. The molecule has 1 aliphatic heterocycles. The normalized spacial score (nSPS) is 15.5. The van der Waals surface area contributed by atoms with E-state index in [1.807, 2.05) is 13.8 Å². The molecule has 32 heavy (non-hydrogen) atoms. The summed E-state index contributed by atoms with van der Waals surface area (Å²) in [4.78, 5) is 16.5. The van der Waals surface area contributed by atoms with Gasteiger partial charge in [-0.1, -0.05) is 38.8 Å². The molecule has 3 rings (SSSR count). The molecule has 2 bridgehead atoms. The van der Waals surface area contributed by atoms with Gasteiger partial charge < -0.3 is 34.0 Å². The summed E-state index contributed by atoms with van der Waals surface area (Å²) in [6, 6.07) is 5.00. The molecule has 0 saturated carbocycles. The van der Waals surface area contributed by atoms with Crippen molar-refractivity contribution in [2.45, 2.75) is 46.5 Å². The molecule has 1 aromatic heterocycles. The van der Waals surface area contributed by atoms with Gasteiger partial charge in [-0.3, -0.25) is 10.5 Å². The number of pyridine rings is 1. The van der Waals surface area contributed by atoms with Crippen molar-refractivity contribution in [3.8, 4) is 5.88 Å². The van der Waals surface area contributed by atoms with Crippen LogP contribution in [0.2, 0.25) is 0 Å². The molecule has 0 spiro atoms. The first-order valence-electron chi connectivity index (χ1n) is 10.7. The van der Waals surface area contributed by atoms with Crippen molar-refractivity contribution in [3.63, 3.8) is 0 Å². The molecule has 0 fully saturated rings. The number of aromatic nitrogens is 1. The molecular formula is C25H33N3NaO3-3. The van der Waals surface area contributed by atoms with Crippen molar-refractivity contribution in [2.75, 3.05) is 13.2 Å². The van der Waals surface area contributed by atoms with Crippen LogP contribution in [0.25, 0.3) is 5.41 Å². The van der Waals surface area contributed by atoms with E-state index in [2.05, 4.69) is 31.1 Å². The predicted octanol–water partition coefficient (Wildman–Crippen LogP) is 2.25. The molecule has 1 aromatic rings. The summed E-state index contributed by atoms with van der Waals surface area (Å²) >= 11 is 0. The molecule has 2 aliphatic rings. The quantitative estimate of drug-likeness (QED) is 0.558. The number of nitrogens with one attached hydrogen (secondary N) is 1. The van der Waals surface area contributed by atoms with Gasteiger partial charge in [-0.25, -0.2) is 17.1 Å². The van der Waals surface area contributed by atoms with Crippen molar-refractivity contribution >= 4 is 11.6 Å². The molecule has 0 atom stereocenters. The molecule has 0 unspecified atom stereocenters. The number of carbonyl (C=O) groups is 1. The summed E-state index contributed by atoms with van der Waals surface area (Å²) in [5.41, 5.74) is 0.671. The minimum Gasteiger partial charge on any atom is -0.872 e. The maximum Gasteiger partial charge on any atom is 1.00 e. The fourth-order valence-corrected chi connectivity index (χ4v) is 2.32. The van der Waals surface area contributed by atoms with Crippen molar-refractivity contribution in [2.24, 2.45) is 5.92 Å². The molecule has 1 N–H and O–H groups in total. The second kappa shape index (κ2) is 16.7. The van der Waals surface area contributed by atoms with Gasteiger partial charge in [0.1, 0.15) is 11.5 Å². The average molecular weight is 447 g/mol. The van der Waals surface area contributed by atoms with Crippen LogP contribution >= 0.6 is 0 Å². The van der Waals surface area contributed by atoms with E-state index in [-0.39, 0.29) is 46.5 Å². The largest absolute Gasteiger partial charge is 1.00 e. The van der Waals surface area contributed by atoms with Gasteiger partial charge in [0.15, 0.2) is 0 Å². The summed E-state index contributed by atoms with van der Waals surface area (Å²) in [6.07, 6.45) is 6.43. The van der Waals surface area contributed by atoms with Crippen LogP contribution < -0.4 is 39.6 Å². The molecule has 1 amide bonds. The Kier molecular flexibility index (Phi) is 15.7. The Morgan fingerprint density at radius 2 is 1.78 bits per heavy atom. The molecule has 7 heteroatoms. The summed E-state index contributed by atoms with van der Waals surface area (Å²) in [6.45, 7) is 20.2. The zero-order valence-electron chi connectivity index (χ0n) is 19.8. The molecule has 6 nitrogen and oxygen atoms in total. The van der Waals surface area contributed by atoms with E-state index in [4.69, 9.17) is 16.1 Å². The third-order valence-corrected chi connectivity index (χ3v) is 4.37. The van der Waals surface area contributed by atoms with Crippen LogP contribution in [0, 0.1) is 26.3 Å². The molecular weight excluding hydrogens is 413 g/mol. The van der Waals surface area contributed by atoms with Gasteiger partial charge >= 0.3 is 29.6 Å². The van der Waals surface area contributed by atoms with Gasteiger partial charge in [-0.05, 0) is 18.9 Å². The first kappa shape index (κ1) is 30.1. The average Bonchev–Trinajstić information content (AvgIpc) is 2.80. The summed E-state index contributed by atoms with van der Waals surface area (Å²) in [5, 5.41) is 12.4. The van der Waals surface area contributed by atoms with E-state index in [9.17, 15) is 10.2 Å². The monoisotopic (exact) mass is 446 g/mol. The van der Waals surface area contributed by atoms with Gasteiger partial charge in [-0.2, -0.15) is 12.8 Å². The van der Waals surface area contributed by atoms with Crippen LogP contribution in [-0.4, -0.2) is 29.8 Å². The van der Waals surface area contributed by atoms with Crippen molar-refractivity contribution in [1.29, 1.82) is 0 Å². The maximum absolute atomic E-state index is 12.4. The Morgan fingerprint density at radius 1 is 1.16 bits per heavy atom. The molecule has 2 heterocycles. The zero-order chi connectivity index (χ0) is 23.2. The third-order valence-electron chi connectivity index (χ3n) is 4.37. The molecule has 0 aromatic carbocycles. The van der Waals surface area contributed by atoms with E-state index in [1.54, 1.807) is 18.2 Å². The van der Waals surface area contributed by atoms with E-state index < -0.39 is 5.91 Å². The molecule has 0 saturated heterocycles. The smallest absolute Gasteiger partial charge is 0.872 e. The van der Waals surface area contributed by atoms with Crippen molar-refractivity contribution in [3.05, 3.63) is 78.9 Å². The van der Waals surface area contributed by atoms with Crippen LogP contribution in [0.4, 0.5) is 0 Å². The van der Waals surface area contributed by atoms with Crippen LogP contribution in [-0.2, 0) is 4.74 Å². The van der Waals surface area contributed by atoms with Crippen molar-refractivity contribution in [1.82, 2.24) is 10.3 Å². The summed E-state index contributed by atoms with van der Waals surface area (Å²) in [5.74, 6) is 1.07. The number of rotatable bonds is 2. The first-order valence-corrected chi connectivity index (χ1v) is 10.7. The zero-order valence-corrected chi connectivity index (χ0v) is 21.8. The number of amides is 1. The fraction of sp³-hybridized carbons (Fsp3) is 0.400. The van der Waals surface area contributed by atoms with Gasteiger partial charge in [0.2, 0.25) is 5.88 Å². The van der Waals surface area contributed by atoms with Crippen LogP contribution in [0.1, 0.15) is 56.9 Å². The van der Waals surface area contributed by atoms with Crippen molar-refractivity contribution < 1.29 is 43.8 Å². The minimum atomic E-state index is -0.412. The van der Waals surface area contributed by atoms with Crippen LogP contribution in [0.15, 0.2) is 47.4 Å². The Labute approximate surface area is 215 Å². The Hall–Kier alpha value is -1.89. The van der Waals surface area contributed by atoms with Gasteiger partial charge in [-0.15, -0.1) is 6.08 Å². The van der Waals surface area contributed by atoms with Gasteiger partial charge in [0, 0.05) is 11.8 Å². The number of hydrogen-bond donors (Lipinski definition) is 1.